The molecule has 1 amide bonds. The van der Waals surface area contributed by atoms with Crippen molar-refractivity contribution in [3.05, 3.63) is 59.9 Å². The van der Waals surface area contributed by atoms with Gasteiger partial charge in [0, 0.05) is 23.7 Å². The number of carbonyl (C=O) groups is 1. The van der Waals surface area contributed by atoms with Gasteiger partial charge in [-0.25, -0.2) is 4.39 Å². The van der Waals surface area contributed by atoms with Crippen molar-refractivity contribution in [2.45, 2.75) is 31.1 Å². The van der Waals surface area contributed by atoms with E-state index in [0.29, 0.717) is 42.0 Å². The normalized spacial score (nSPS) is 20.5. The average Bonchev–Trinajstić information content (AvgIpc) is 2.81. The fraction of sp³-hybridized carbons (Fsp3) is 0.286. The molecule has 0 saturated carbocycles. The molecule has 8 heteroatoms. The second kappa shape index (κ2) is 7.09. The summed E-state index contributed by atoms with van der Waals surface area (Å²) in [5.41, 5.74) is 1.65. The molecule has 2 aromatic carbocycles. The lowest BCUT2D eigenvalue weighted by atomic mass is 9.89. The summed E-state index contributed by atoms with van der Waals surface area (Å²) in [5.74, 6) is -1.81. The van der Waals surface area contributed by atoms with Gasteiger partial charge in [0.15, 0.2) is 5.75 Å². The zero-order valence-electron chi connectivity index (χ0n) is 15.3. The largest absolute Gasteiger partial charge is 0.471 e. The third-order valence-electron chi connectivity index (χ3n) is 5.24. The van der Waals surface area contributed by atoms with Crippen LogP contribution in [0.15, 0.2) is 43.0 Å². The molecule has 2 aliphatic rings. The molecule has 0 aliphatic carbocycles. The molecule has 1 unspecified atom stereocenters. The first-order valence-corrected chi connectivity index (χ1v) is 9.16. The molecule has 1 N–H and O–H groups in total. The molecule has 2 atom stereocenters. The van der Waals surface area contributed by atoms with Crippen LogP contribution in [0.5, 0.6) is 11.5 Å². The highest BCUT2D eigenvalue weighted by Crippen LogP contribution is 2.49. The first-order valence-electron chi connectivity index (χ1n) is 9.16. The topological polar surface area (TPSA) is 41.6 Å². The number of halogens is 4. The van der Waals surface area contributed by atoms with Gasteiger partial charge in [0.1, 0.15) is 11.6 Å². The number of nitrogens with zero attached hydrogens (tertiary/aromatic N) is 1. The summed E-state index contributed by atoms with van der Waals surface area (Å²) in [6.45, 7) is 4.24. The summed E-state index contributed by atoms with van der Waals surface area (Å²) >= 11 is 0. The Morgan fingerprint density at radius 3 is 2.72 bits per heavy atom. The Labute approximate surface area is 164 Å². The molecular formula is C21H18F4N2O2. The average molecular weight is 406 g/mol. The van der Waals surface area contributed by atoms with Gasteiger partial charge in [-0.15, -0.1) is 0 Å². The van der Waals surface area contributed by atoms with Crippen LogP contribution in [0.25, 0.3) is 6.08 Å². The van der Waals surface area contributed by atoms with E-state index in [1.165, 1.54) is 18.2 Å². The number of alkyl halides is 3. The number of hydrogen-bond acceptors (Lipinski definition) is 3. The number of fused-ring (bicyclic) bond motifs is 5. The van der Waals surface area contributed by atoms with Gasteiger partial charge in [-0.2, -0.15) is 13.2 Å². The molecule has 29 heavy (non-hydrogen) atoms. The number of rotatable bonds is 2. The Hall–Kier alpha value is -3.03. The van der Waals surface area contributed by atoms with Crippen LogP contribution < -0.4 is 15.0 Å². The number of piperidine rings is 1. The molecule has 0 bridgehead atoms. The molecular weight excluding hydrogens is 388 g/mol. The third-order valence-corrected chi connectivity index (χ3v) is 5.24. The maximum atomic E-state index is 14.1. The fourth-order valence-electron chi connectivity index (χ4n) is 4.10. The summed E-state index contributed by atoms with van der Waals surface area (Å²) < 4.78 is 58.8. The first-order chi connectivity index (χ1) is 13.8. The quantitative estimate of drug-likeness (QED) is 0.717. The molecule has 0 radical (unpaired) electrons. The van der Waals surface area contributed by atoms with E-state index in [1.807, 2.05) is 4.90 Å². The molecule has 4 rings (SSSR count). The summed E-state index contributed by atoms with van der Waals surface area (Å²) in [6, 6.07) is 8.07. The monoisotopic (exact) mass is 406 g/mol. The van der Waals surface area contributed by atoms with Crippen molar-refractivity contribution in [2.75, 3.05) is 11.4 Å². The van der Waals surface area contributed by atoms with E-state index in [2.05, 4.69) is 11.9 Å². The van der Waals surface area contributed by atoms with Gasteiger partial charge in [0.25, 0.3) is 0 Å². The van der Waals surface area contributed by atoms with Crippen LogP contribution in [0.1, 0.15) is 30.0 Å². The molecule has 2 aromatic rings. The molecule has 2 aliphatic heterocycles. The molecule has 1 fully saturated rings. The smallest absolute Gasteiger partial charge is 0.455 e. The van der Waals surface area contributed by atoms with Crippen molar-refractivity contribution in [1.82, 2.24) is 5.32 Å². The zero-order valence-corrected chi connectivity index (χ0v) is 15.3. The highest BCUT2D eigenvalue weighted by molar-refractivity contribution is 5.82. The van der Waals surface area contributed by atoms with Gasteiger partial charge < -0.3 is 15.0 Å². The van der Waals surface area contributed by atoms with Gasteiger partial charge in [-0.3, -0.25) is 4.79 Å². The Balaban J connectivity index is 1.87. The molecule has 152 valence electrons. The Morgan fingerprint density at radius 1 is 1.24 bits per heavy atom. The van der Waals surface area contributed by atoms with Crippen molar-refractivity contribution in [3.8, 4) is 11.5 Å². The van der Waals surface area contributed by atoms with Gasteiger partial charge in [0.2, 0.25) is 0 Å². The van der Waals surface area contributed by atoms with E-state index in [1.54, 1.807) is 24.3 Å². The van der Waals surface area contributed by atoms with Crippen molar-refractivity contribution in [2.24, 2.45) is 0 Å². The minimum atomic E-state index is -4.98. The Morgan fingerprint density at radius 2 is 2.00 bits per heavy atom. The predicted molar refractivity (Wildman–Crippen MR) is 100 cm³/mol. The second-order valence-electron chi connectivity index (χ2n) is 7.04. The highest BCUT2D eigenvalue weighted by Gasteiger charge is 2.44. The van der Waals surface area contributed by atoms with Gasteiger partial charge in [-0.1, -0.05) is 30.9 Å². The summed E-state index contributed by atoms with van der Waals surface area (Å²) in [4.78, 5) is 13.5. The summed E-state index contributed by atoms with van der Waals surface area (Å²) in [5, 5.41) is 2.15. The van der Waals surface area contributed by atoms with E-state index < -0.39 is 30.0 Å². The Kier molecular flexibility index (Phi) is 4.72. The van der Waals surface area contributed by atoms with E-state index in [-0.39, 0.29) is 5.75 Å². The van der Waals surface area contributed by atoms with E-state index in [4.69, 9.17) is 4.74 Å². The fourth-order valence-corrected chi connectivity index (χ4v) is 4.10. The van der Waals surface area contributed by atoms with Crippen molar-refractivity contribution in [1.29, 1.82) is 0 Å². The Bertz CT molecular complexity index is 974. The number of nitrogens with one attached hydrogen (secondary N) is 1. The minimum absolute atomic E-state index is 0.262. The van der Waals surface area contributed by atoms with Gasteiger partial charge in [-0.05, 0) is 25.0 Å². The number of ether oxygens (including phenoxy) is 1. The van der Waals surface area contributed by atoms with Gasteiger partial charge in [0.05, 0.1) is 17.8 Å². The molecule has 2 heterocycles. The lowest BCUT2D eigenvalue weighted by Crippen LogP contribution is -2.52. The van der Waals surface area contributed by atoms with Crippen LogP contribution in [0.3, 0.4) is 0 Å². The molecule has 0 spiro atoms. The lowest BCUT2D eigenvalue weighted by molar-refractivity contribution is -0.174. The molecule has 4 nitrogen and oxygen atoms in total. The van der Waals surface area contributed by atoms with Crippen LogP contribution in [-0.4, -0.2) is 24.7 Å². The van der Waals surface area contributed by atoms with Crippen LogP contribution in [0.4, 0.5) is 23.2 Å². The maximum Gasteiger partial charge on any atom is 0.471 e. The standard InChI is InChI=1S/C21H18F4N2O2/c1-2-12-10-13(22)11-17-18(12)27-9-5-7-15(26-20(28)21(23,24)25)19(27)14-6-3-4-8-16(14)29-17/h2-4,6,8,10-11,15,19H,1,5,7,9H2,(H,26,28)/t15?,19-/m1/s1. The number of amides is 1. The van der Waals surface area contributed by atoms with Crippen LogP contribution in [0.2, 0.25) is 0 Å². The SMILES string of the molecule is C=Cc1cc(F)cc2c1N1CCCC(NC(=O)C(F)(F)F)[C@H]1c1ccccc1O2. The maximum absolute atomic E-state index is 14.1. The van der Waals surface area contributed by atoms with E-state index in [0.717, 1.165) is 0 Å². The number of hydrogen-bond donors (Lipinski definition) is 1. The van der Waals surface area contributed by atoms with Crippen LogP contribution in [-0.2, 0) is 4.79 Å². The van der Waals surface area contributed by atoms with Gasteiger partial charge >= 0.3 is 12.1 Å². The summed E-state index contributed by atoms with van der Waals surface area (Å²) in [7, 11) is 0. The number of carbonyl (C=O) groups excluding carboxylic acids is 1. The molecule has 1 saturated heterocycles. The second-order valence-corrected chi connectivity index (χ2v) is 7.04. The zero-order chi connectivity index (χ0) is 20.8. The molecule has 0 aromatic heterocycles. The number of para-hydroxylation sites is 1. The van der Waals surface area contributed by atoms with Crippen LogP contribution >= 0.6 is 0 Å². The van der Waals surface area contributed by atoms with Crippen molar-refractivity contribution in [3.63, 3.8) is 0 Å². The highest BCUT2D eigenvalue weighted by atomic mass is 19.4. The first kappa shape index (κ1) is 19.3. The van der Waals surface area contributed by atoms with Crippen LogP contribution in [0, 0.1) is 5.82 Å². The van der Waals surface area contributed by atoms with E-state index >= 15 is 0 Å². The predicted octanol–water partition coefficient (Wildman–Crippen LogP) is 4.96. The van der Waals surface area contributed by atoms with E-state index in [9.17, 15) is 22.4 Å². The lowest BCUT2D eigenvalue weighted by Gasteiger charge is -2.43. The third kappa shape index (κ3) is 3.43. The summed E-state index contributed by atoms with van der Waals surface area (Å²) in [6.07, 6.45) is -2.57. The number of benzene rings is 2. The van der Waals surface area contributed by atoms with Crippen molar-refractivity contribution >= 4 is 17.7 Å². The number of anilines is 1. The van der Waals surface area contributed by atoms with Crippen molar-refractivity contribution < 1.29 is 27.1 Å². The minimum Gasteiger partial charge on any atom is -0.455 e.